The Kier molecular flexibility index (Phi) is 3.89. The molecule has 0 spiro atoms. The van der Waals surface area contributed by atoms with Gasteiger partial charge >= 0.3 is 6.18 Å². The first-order valence-corrected chi connectivity index (χ1v) is 5.64. The molecule has 102 valence electrons. The molecule has 0 aliphatic carbocycles. The van der Waals surface area contributed by atoms with E-state index in [1.165, 1.54) is 48.8 Å². The minimum absolute atomic E-state index is 0.0109. The van der Waals surface area contributed by atoms with E-state index in [1.54, 1.807) is 0 Å². The zero-order valence-electron chi connectivity index (χ0n) is 10.1. The molecule has 0 N–H and O–H groups in total. The van der Waals surface area contributed by atoms with Crippen molar-refractivity contribution in [3.8, 4) is 11.8 Å². The highest BCUT2D eigenvalue weighted by Crippen LogP contribution is 2.36. The minimum Gasteiger partial charge on any atom is -0.476 e. The number of benzene rings is 1. The van der Waals surface area contributed by atoms with Crippen LogP contribution in [0.2, 0.25) is 0 Å². The largest absolute Gasteiger partial charge is 0.476 e. The average Bonchev–Trinajstić information content (AvgIpc) is 2.45. The first-order valence-electron chi connectivity index (χ1n) is 5.64. The number of rotatable bonds is 3. The molecule has 3 nitrogen and oxygen atoms in total. The molecular weight excluding hydrogens is 269 g/mol. The van der Waals surface area contributed by atoms with Gasteiger partial charge in [-0.3, -0.25) is 4.98 Å². The number of nitrogens with zero attached hydrogens (tertiary/aromatic N) is 2. The Bertz CT molecular complexity index is 620. The first-order chi connectivity index (χ1) is 9.50. The molecule has 0 bridgehead atoms. The van der Waals surface area contributed by atoms with Gasteiger partial charge in [-0.25, -0.2) is 0 Å². The molecule has 0 radical (unpaired) electrons. The summed E-state index contributed by atoms with van der Waals surface area (Å²) in [4.78, 5) is 3.68. The Morgan fingerprint density at radius 1 is 1.15 bits per heavy atom. The molecule has 1 atom stereocenters. The average molecular weight is 278 g/mol. The van der Waals surface area contributed by atoms with Gasteiger partial charge in [-0.1, -0.05) is 6.07 Å². The van der Waals surface area contributed by atoms with Crippen LogP contribution in [0.5, 0.6) is 5.75 Å². The number of nitriles is 1. The second-order valence-electron chi connectivity index (χ2n) is 3.96. The number of aromatic nitrogens is 1. The van der Waals surface area contributed by atoms with E-state index in [-0.39, 0.29) is 16.9 Å². The minimum atomic E-state index is -4.57. The third-order valence-corrected chi connectivity index (χ3v) is 2.52. The van der Waals surface area contributed by atoms with Gasteiger partial charge in [-0.05, 0) is 30.3 Å². The Hall–Kier alpha value is -2.55. The van der Waals surface area contributed by atoms with E-state index in [4.69, 9.17) is 10.00 Å². The molecule has 2 rings (SSSR count). The molecule has 20 heavy (non-hydrogen) atoms. The van der Waals surface area contributed by atoms with E-state index in [9.17, 15) is 13.2 Å². The van der Waals surface area contributed by atoms with Crippen LogP contribution in [0.25, 0.3) is 0 Å². The van der Waals surface area contributed by atoms with E-state index in [2.05, 4.69) is 4.98 Å². The molecule has 2 aromatic rings. The molecule has 0 aliphatic rings. The zero-order valence-corrected chi connectivity index (χ0v) is 10.1. The topological polar surface area (TPSA) is 45.9 Å². The normalized spacial score (nSPS) is 12.5. The summed E-state index contributed by atoms with van der Waals surface area (Å²) < 4.78 is 44.2. The van der Waals surface area contributed by atoms with Crippen molar-refractivity contribution in [1.29, 1.82) is 5.26 Å². The van der Waals surface area contributed by atoms with Crippen molar-refractivity contribution >= 4 is 0 Å². The van der Waals surface area contributed by atoms with Crippen LogP contribution in [-0.2, 0) is 0 Å². The van der Waals surface area contributed by atoms with Crippen LogP contribution in [0.3, 0.4) is 0 Å². The summed E-state index contributed by atoms with van der Waals surface area (Å²) in [6, 6.07) is 9.93. The van der Waals surface area contributed by atoms with Crippen molar-refractivity contribution < 1.29 is 17.9 Å². The van der Waals surface area contributed by atoms with Crippen molar-refractivity contribution in [2.75, 3.05) is 0 Å². The van der Waals surface area contributed by atoms with E-state index in [1.807, 2.05) is 6.07 Å². The quantitative estimate of drug-likeness (QED) is 0.861. The number of ether oxygens (including phenoxy) is 1. The highest BCUT2D eigenvalue weighted by Gasteiger charge is 2.43. The van der Waals surface area contributed by atoms with Crippen molar-refractivity contribution in [1.82, 2.24) is 4.98 Å². The third-order valence-electron chi connectivity index (χ3n) is 2.52. The molecule has 1 aromatic heterocycles. The molecule has 0 amide bonds. The predicted octanol–water partition coefficient (Wildman–Crippen LogP) is 3.64. The number of hydrogen-bond acceptors (Lipinski definition) is 3. The highest BCUT2D eigenvalue weighted by atomic mass is 19.4. The van der Waals surface area contributed by atoms with Crippen LogP contribution < -0.4 is 4.74 Å². The van der Waals surface area contributed by atoms with Gasteiger partial charge < -0.3 is 4.74 Å². The Labute approximate surface area is 113 Å². The summed E-state index contributed by atoms with van der Waals surface area (Å²) >= 11 is 0. The fraction of sp³-hybridized carbons (Fsp3) is 0.143. The Morgan fingerprint density at radius 2 is 1.85 bits per heavy atom. The van der Waals surface area contributed by atoms with Crippen molar-refractivity contribution in [2.45, 2.75) is 12.3 Å². The van der Waals surface area contributed by atoms with E-state index >= 15 is 0 Å². The lowest BCUT2D eigenvalue weighted by molar-refractivity contribution is -0.198. The third kappa shape index (κ3) is 3.26. The number of halogens is 3. The first kappa shape index (κ1) is 13.9. The lowest BCUT2D eigenvalue weighted by Gasteiger charge is -2.22. The van der Waals surface area contributed by atoms with Gasteiger partial charge in [0.2, 0.25) is 6.10 Å². The Balaban J connectivity index is 2.32. The predicted molar refractivity (Wildman–Crippen MR) is 64.8 cm³/mol. The van der Waals surface area contributed by atoms with Crippen LogP contribution in [0.1, 0.15) is 17.2 Å². The van der Waals surface area contributed by atoms with Crippen molar-refractivity contribution in [3.05, 3.63) is 59.9 Å². The van der Waals surface area contributed by atoms with Gasteiger partial charge in [-0.2, -0.15) is 18.4 Å². The van der Waals surface area contributed by atoms with Gasteiger partial charge in [-0.15, -0.1) is 0 Å². The zero-order chi connectivity index (χ0) is 14.6. The van der Waals surface area contributed by atoms with Crippen molar-refractivity contribution in [3.63, 3.8) is 0 Å². The van der Waals surface area contributed by atoms with Crippen LogP contribution in [0, 0.1) is 11.3 Å². The van der Waals surface area contributed by atoms with E-state index < -0.39 is 12.3 Å². The molecule has 1 heterocycles. The summed E-state index contributed by atoms with van der Waals surface area (Å²) in [5, 5.41) is 8.74. The maximum atomic E-state index is 13.1. The van der Waals surface area contributed by atoms with E-state index in [0.29, 0.717) is 0 Å². The van der Waals surface area contributed by atoms with Gasteiger partial charge in [0, 0.05) is 18.0 Å². The Morgan fingerprint density at radius 3 is 2.45 bits per heavy atom. The lowest BCUT2D eigenvalue weighted by Crippen LogP contribution is -2.26. The maximum absolute atomic E-state index is 13.1. The number of hydrogen-bond donors (Lipinski definition) is 0. The summed E-state index contributed by atoms with van der Waals surface area (Å²) in [6.45, 7) is 0. The molecule has 6 heteroatoms. The second kappa shape index (κ2) is 5.61. The van der Waals surface area contributed by atoms with Gasteiger partial charge in [0.15, 0.2) is 0 Å². The summed E-state index contributed by atoms with van der Waals surface area (Å²) in [5.41, 5.74) is 0.188. The SMILES string of the molecule is N#Cc1cccc(OC(c2ccncc2)C(F)(F)F)c1. The lowest BCUT2D eigenvalue weighted by atomic mass is 10.1. The number of alkyl halides is 3. The molecule has 0 aliphatic heterocycles. The molecule has 0 saturated heterocycles. The monoisotopic (exact) mass is 278 g/mol. The van der Waals surface area contributed by atoms with E-state index in [0.717, 1.165) is 0 Å². The fourth-order valence-corrected chi connectivity index (χ4v) is 1.64. The molecule has 1 unspecified atom stereocenters. The van der Waals surface area contributed by atoms with Gasteiger partial charge in [0.05, 0.1) is 11.6 Å². The van der Waals surface area contributed by atoms with Crippen molar-refractivity contribution in [2.24, 2.45) is 0 Å². The molecule has 0 fully saturated rings. The van der Waals surface area contributed by atoms with Crippen LogP contribution >= 0.6 is 0 Å². The fourth-order valence-electron chi connectivity index (χ4n) is 1.64. The maximum Gasteiger partial charge on any atom is 0.429 e. The van der Waals surface area contributed by atoms with Crippen LogP contribution in [-0.4, -0.2) is 11.2 Å². The summed E-state index contributed by atoms with van der Waals surface area (Å²) in [6.07, 6.45) is -4.13. The molecular formula is C14H9F3N2O. The summed E-state index contributed by atoms with van der Waals surface area (Å²) in [7, 11) is 0. The highest BCUT2D eigenvalue weighted by molar-refractivity contribution is 5.36. The molecule has 0 saturated carbocycles. The van der Waals surface area contributed by atoms with Gasteiger partial charge in [0.25, 0.3) is 0 Å². The van der Waals surface area contributed by atoms with Crippen LogP contribution in [0.15, 0.2) is 48.8 Å². The standard InChI is InChI=1S/C14H9F3N2O/c15-14(16,17)13(11-4-6-19-7-5-11)20-12-3-1-2-10(8-12)9-18/h1-8,13H. The van der Waals surface area contributed by atoms with Crippen LogP contribution in [0.4, 0.5) is 13.2 Å². The van der Waals surface area contributed by atoms with Gasteiger partial charge in [0.1, 0.15) is 5.75 Å². The molecule has 1 aromatic carbocycles. The second-order valence-corrected chi connectivity index (χ2v) is 3.96. The number of pyridine rings is 1. The smallest absolute Gasteiger partial charge is 0.429 e. The summed E-state index contributed by atoms with van der Waals surface area (Å²) in [5.74, 6) is -0.0109.